The molecule has 0 aromatic heterocycles. The van der Waals surface area contributed by atoms with Crippen molar-refractivity contribution in [3.63, 3.8) is 0 Å². The number of esters is 1. The van der Waals surface area contributed by atoms with E-state index in [2.05, 4.69) is 5.32 Å². The average molecular weight is 408 g/mol. The summed E-state index contributed by atoms with van der Waals surface area (Å²) >= 11 is 12.0. The van der Waals surface area contributed by atoms with Crippen molar-refractivity contribution in [1.29, 1.82) is 0 Å². The third-order valence-corrected chi connectivity index (χ3v) is 4.24. The SMILES string of the molecule is COc1ccc(/C=C/C(=O)OCC(=O)N[C@H](C)c2ccc(Cl)cc2Cl)cc1. The molecule has 0 aliphatic carbocycles. The van der Waals surface area contributed by atoms with E-state index in [1.54, 1.807) is 62.6 Å². The molecule has 0 aliphatic heterocycles. The van der Waals surface area contributed by atoms with E-state index in [9.17, 15) is 9.59 Å². The van der Waals surface area contributed by atoms with Crippen LogP contribution in [0.3, 0.4) is 0 Å². The van der Waals surface area contributed by atoms with Gasteiger partial charge in [-0.05, 0) is 48.4 Å². The van der Waals surface area contributed by atoms with Gasteiger partial charge in [-0.3, -0.25) is 4.79 Å². The van der Waals surface area contributed by atoms with Crippen LogP contribution < -0.4 is 10.1 Å². The second-order valence-corrected chi connectivity index (χ2v) is 6.51. The average Bonchev–Trinajstić information content (AvgIpc) is 2.65. The smallest absolute Gasteiger partial charge is 0.331 e. The Bertz CT molecular complexity index is 834. The number of methoxy groups -OCH3 is 1. The molecule has 0 aliphatic rings. The first-order chi connectivity index (χ1) is 12.9. The minimum absolute atomic E-state index is 0.351. The zero-order chi connectivity index (χ0) is 19.8. The molecular weight excluding hydrogens is 389 g/mol. The second-order valence-electron chi connectivity index (χ2n) is 5.67. The molecule has 7 heteroatoms. The number of hydrogen-bond donors (Lipinski definition) is 1. The van der Waals surface area contributed by atoms with Gasteiger partial charge in [-0.15, -0.1) is 0 Å². The molecule has 27 heavy (non-hydrogen) atoms. The molecule has 0 saturated heterocycles. The molecule has 2 rings (SSSR count). The molecule has 0 saturated carbocycles. The fourth-order valence-corrected chi connectivity index (χ4v) is 2.85. The molecule has 2 aromatic carbocycles. The van der Waals surface area contributed by atoms with Crippen LogP contribution in [0.5, 0.6) is 5.75 Å². The number of carbonyl (C=O) groups excluding carboxylic acids is 2. The van der Waals surface area contributed by atoms with E-state index in [0.29, 0.717) is 10.0 Å². The highest BCUT2D eigenvalue weighted by Gasteiger charge is 2.14. The standard InChI is InChI=1S/C20H19Cl2NO4/c1-13(17-9-6-15(21)11-18(17)22)23-19(24)12-27-20(25)10-5-14-3-7-16(26-2)8-4-14/h3-11,13H,12H2,1-2H3,(H,23,24)/b10-5+/t13-/m1/s1. The molecule has 0 bridgehead atoms. The Kier molecular flexibility index (Phi) is 7.70. The lowest BCUT2D eigenvalue weighted by Gasteiger charge is -2.15. The van der Waals surface area contributed by atoms with Crippen molar-refractivity contribution >= 4 is 41.2 Å². The van der Waals surface area contributed by atoms with E-state index >= 15 is 0 Å². The molecule has 0 unspecified atom stereocenters. The summed E-state index contributed by atoms with van der Waals surface area (Å²) in [5, 5.41) is 3.68. The third-order valence-electron chi connectivity index (χ3n) is 3.68. The largest absolute Gasteiger partial charge is 0.497 e. The number of rotatable bonds is 7. The van der Waals surface area contributed by atoms with Crippen molar-refractivity contribution in [2.75, 3.05) is 13.7 Å². The maximum absolute atomic E-state index is 12.0. The van der Waals surface area contributed by atoms with Crippen LogP contribution in [0.25, 0.3) is 6.08 Å². The number of hydrogen-bond acceptors (Lipinski definition) is 4. The van der Waals surface area contributed by atoms with Crippen molar-refractivity contribution in [2.24, 2.45) is 0 Å². The Morgan fingerprint density at radius 3 is 2.48 bits per heavy atom. The summed E-state index contributed by atoms with van der Waals surface area (Å²) in [6, 6.07) is 11.8. The van der Waals surface area contributed by atoms with E-state index in [-0.39, 0.29) is 12.6 Å². The Balaban J connectivity index is 1.81. The van der Waals surface area contributed by atoms with Crippen LogP contribution >= 0.6 is 23.2 Å². The predicted octanol–water partition coefficient (Wildman–Crippen LogP) is 4.44. The second kappa shape index (κ2) is 10.00. The fourth-order valence-electron chi connectivity index (χ4n) is 2.28. The summed E-state index contributed by atoms with van der Waals surface area (Å²) in [5.41, 5.74) is 1.53. The van der Waals surface area contributed by atoms with Gasteiger partial charge in [0.15, 0.2) is 6.61 Å². The summed E-state index contributed by atoms with van der Waals surface area (Å²) in [6.07, 6.45) is 2.85. The summed E-state index contributed by atoms with van der Waals surface area (Å²) in [7, 11) is 1.58. The molecule has 0 heterocycles. The van der Waals surface area contributed by atoms with E-state index < -0.39 is 11.9 Å². The number of amides is 1. The van der Waals surface area contributed by atoms with Crippen LogP contribution in [-0.4, -0.2) is 25.6 Å². The Morgan fingerprint density at radius 2 is 1.85 bits per heavy atom. The molecule has 2 aromatic rings. The lowest BCUT2D eigenvalue weighted by atomic mass is 10.1. The van der Waals surface area contributed by atoms with Gasteiger partial charge in [0.1, 0.15) is 5.75 Å². The number of halogens is 2. The van der Waals surface area contributed by atoms with Gasteiger partial charge >= 0.3 is 5.97 Å². The van der Waals surface area contributed by atoms with Gasteiger partial charge in [0.25, 0.3) is 5.91 Å². The van der Waals surface area contributed by atoms with Crippen LogP contribution in [-0.2, 0) is 14.3 Å². The first-order valence-corrected chi connectivity index (χ1v) is 8.88. The molecule has 0 fully saturated rings. The van der Waals surface area contributed by atoms with Gasteiger partial charge in [-0.25, -0.2) is 4.79 Å². The van der Waals surface area contributed by atoms with E-state index in [0.717, 1.165) is 16.9 Å². The summed E-state index contributed by atoms with van der Waals surface area (Å²) in [4.78, 5) is 23.7. The van der Waals surface area contributed by atoms with Crippen molar-refractivity contribution < 1.29 is 19.1 Å². The highest BCUT2D eigenvalue weighted by atomic mass is 35.5. The normalized spacial score (nSPS) is 11.9. The van der Waals surface area contributed by atoms with Gasteiger partial charge in [0, 0.05) is 16.1 Å². The first kappa shape index (κ1) is 20.8. The van der Waals surface area contributed by atoms with Gasteiger partial charge in [0.05, 0.1) is 13.2 Å². The van der Waals surface area contributed by atoms with Crippen LogP contribution in [0.15, 0.2) is 48.5 Å². The predicted molar refractivity (Wildman–Crippen MR) is 106 cm³/mol. The lowest BCUT2D eigenvalue weighted by Crippen LogP contribution is -2.31. The van der Waals surface area contributed by atoms with Crippen LogP contribution in [0, 0.1) is 0 Å². The third kappa shape index (κ3) is 6.62. The van der Waals surface area contributed by atoms with Crippen LogP contribution in [0.2, 0.25) is 10.0 Å². The summed E-state index contributed by atoms with van der Waals surface area (Å²) in [5.74, 6) is -0.320. The zero-order valence-electron chi connectivity index (χ0n) is 14.9. The number of nitrogens with one attached hydrogen (secondary N) is 1. The lowest BCUT2D eigenvalue weighted by molar-refractivity contribution is -0.144. The monoisotopic (exact) mass is 407 g/mol. The number of ether oxygens (including phenoxy) is 2. The molecule has 1 atom stereocenters. The highest BCUT2D eigenvalue weighted by Crippen LogP contribution is 2.26. The van der Waals surface area contributed by atoms with Crippen molar-refractivity contribution in [3.05, 3.63) is 69.7 Å². The molecule has 142 valence electrons. The molecule has 5 nitrogen and oxygen atoms in total. The molecule has 1 amide bonds. The number of carbonyl (C=O) groups is 2. The first-order valence-electron chi connectivity index (χ1n) is 8.12. The van der Waals surface area contributed by atoms with Crippen molar-refractivity contribution in [2.45, 2.75) is 13.0 Å². The zero-order valence-corrected chi connectivity index (χ0v) is 16.4. The van der Waals surface area contributed by atoms with Crippen LogP contribution in [0.1, 0.15) is 24.1 Å². The maximum atomic E-state index is 12.0. The Labute approximate surface area is 167 Å². The van der Waals surface area contributed by atoms with Gasteiger partial charge in [0.2, 0.25) is 0 Å². The van der Waals surface area contributed by atoms with Gasteiger partial charge < -0.3 is 14.8 Å². The van der Waals surface area contributed by atoms with Gasteiger partial charge in [-0.1, -0.05) is 41.4 Å². The minimum Gasteiger partial charge on any atom is -0.497 e. The minimum atomic E-state index is -0.613. The molecule has 0 radical (unpaired) electrons. The molecular formula is C20H19Cl2NO4. The summed E-state index contributed by atoms with van der Waals surface area (Å²) in [6.45, 7) is 1.39. The maximum Gasteiger partial charge on any atom is 0.331 e. The quantitative estimate of drug-likeness (QED) is 0.544. The Hall–Kier alpha value is -2.50. The fraction of sp³-hybridized carbons (Fsp3) is 0.200. The molecule has 0 spiro atoms. The van der Waals surface area contributed by atoms with E-state index in [1.807, 2.05) is 0 Å². The Morgan fingerprint density at radius 1 is 1.15 bits per heavy atom. The van der Waals surface area contributed by atoms with Gasteiger partial charge in [-0.2, -0.15) is 0 Å². The van der Waals surface area contributed by atoms with Crippen molar-refractivity contribution in [3.8, 4) is 5.75 Å². The van der Waals surface area contributed by atoms with Crippen LogP contribution in [0.4, 0.5) is 0 Å². The highest BCUT2D eigenvalue weighted by molar-refractivity contribution is 6.35. The van der Waals surface area contributed by atoms with E-state index in [4.69, 9.17) is 32.7 Å². The topological polar surface area (TPSA) is 64.6 Å². The molecule has 1 N–H and O–H groups in total. The van der Waals surface area contributed by atoms with Crippen molar-refractivity contribution in [1.82, 2.24) is 5.32 Å². The van der Waals surface area contributed by atoms with E-state index in [1.165, 1.54) is 6.08 Å². The summed E-state index contributed by atoms with van der Waals surface area (Å²) < 4.78 is 10.0. The number of benzene rings is 2.